The second-order valence-electron chi connectivity index (χ2n) is 3.39. The van der Waals surface area contributed by atoms with Crippen LogP contribution in [0.2, 0.25) is 0 Å². The summed E-state index contributed by atoms with van der Waals surface area (Å²) in [7, 11) is 0. The predicted octanol–water partition coefficient (Wildman–Crippen LogP) is 0.868. The van der Waals surface area contributed by atoms with Gasteiger partial charge in [0.25, 0.3) is 0 Å². The van der Waals surface area contributed by atoms with E-state index >= 15 is 0 Å². The largest absolute Gasteiger partial charge is 0.481 e. The zero-order valence-corrected chi connectivity index (χ0v) is 6.66. The molecule has 11 heavy (non-hydrogen) atoms. The number of carbonyl (C=O) groups is 1. The van der Waals surface area contributed by atoms with E-state index in [1.54, 1.807) is 0 Å². The van der Waals surface area contributed by atoms with Crippen molar-refractivity contribution in [2.45, 2.75) is 32.3 Å². The lowest BCUT2D eigenvalue weighted by Gasteiger charge is -2.28. The molecule has 1 aliphatic carbocycles. The number of aliphatic hydroxyl groups is 1. The summed E-state index contributed by atoms with van der Waals surface area (Å²) < 4.78 is 0. The third-order valence-corrected chi connectivity index (χ3v) is 2.49. The Balaban J connectivity index is 2.54. The second-order valence-corrected chi connectivity index (χ2v) is 3.39. The minimum Gasteiger partial charge on any atom is -0.481 e. The molecule has 0 bridgehead atoms. The molecular weight excluding hydrogens is 144 g/mol. The number of aliphatic carboxylic acids is 1. The summed E-state index contributed by atoms with van der Waals surface area (Å²) >= 11 is 0. The molecule has 0 radical (unpaired) electrons. The third kappa shape index (κ3) is 1.93. The molecule has 3 atom stereocenters. The van der Waals surface area contributed by atoms with E-state index in [4.69, 9.17) is 5.11 Å². The lowest BCUT2D eigenvalue weighted by Crippen LogP contribution is -2.31. The number of rotatable bonds is 1. The van der Waals surface area contributed by atoms with E-state index in [1.165, 1.54) is 0 Å². The van der Waals surface area contributed by atoms with Crippen LogP contribution in [0.15, 0.2) is 0 Å². The number of hydrogen-bond acceptors (Lipinski definition) is 2. The molecule has 0 heterocycles. The fraction of sp³-hybridized carbons (Fsp3) is 0.875. The topological polar surface area (TPSA) is 57.5 Å². The molecule has 0 aromatic carbocycles. The molecule has 0 saturated heterocycles. The Bertz CT molecular complexity index is 155. The maximum Gasteiger partial charge on any atom is 0.306 e. The molecular formula is C8H14O3. The lowest BCUT2D eigenvalue weighted by molar-refractivity contribution is -0.146. The molecule has 3 unspecified atom stereocenters. The molecule has 0 aliphatic heterocycles. The van der Waals surface area contributed by atoms with Gasteiger partial charge in [-0.15, -0.1) is 0 Å². The first-order valence-electron chi connectivity index (χ1n) is 4.02. The highest BCUT2D eigenvalue weighted by Gasteiger charge is 2.31. The summed E-state index contributed by atoms with van der Waals surface area (Å²) in [6, 6.07) is 0. The molecule has 0 spiro atoms. The average molecular weight is 158 g/mol. The maximum absolute atomic E-state index is 10.6. The fourth-order valence-electron chi connectivity index (χ4n) is 1.64. The molecule has 3 heteroatoms. The molecule has 64 valence electrons. The Hall–Kier alpha value is -0.570. The van der Waals surface area contributed by atoms with Gasteiger partial charge in [0.15, 0.2) is 0 Å². The summed E-state index contributed by atoms with van der Waals surface area (Å²) in [5.74, 6) is -0.883. The van der Waals surface area contributed by atoms with Crippen LogP contribution in [0.3, 0.4) is 0 Å². The normalized spacial score (nSPS) is 38.5. The van der Waals surface area contributed by atoms with Crippen molar-refractivity contribution in [1.29, 1.82) is 0 Å². The quantitative estimate of drug-likeness (QED) is 0.595. The minimum absolute atomic E-state index is 0.218. The number of carboxylic acids is 1. The molecule has 3 nitrogen and oxygen atoms in total. The van der Waals surface area contributed by atoms with Crippen LogP contribution in [0.5, 0.6) is 0 Å². The van der Waals surface area contributed by atoms with Crippen LogP contribution in [0.25, 0.3) is 0 Å². The molecule has 1 saturated carbocycles. The Morgan fingerprint density at radius 3 is 2.55 bits per heavy atom. The standard InChI is InChI=1S/C8H14O3/c1-5-2-3-6(9)4-7(5)8(10)11/h5-7,9H,2-4H2,1H3,(H,10,11). The van der Waals surface area contributed by atoms with Crippen LogP contribution in [0.1, 0.15) is 26.2 Å². The van der Waals surface area contributed by atoms with E-state index in [0.29, 0.717) is 6.42 Å². The average Bonchev–Trinajstić information content (AvgIpc) is 1.94. The predicted molar refractivity (Wildman–Crippen MR) is 40.1 cm³/mol. The van der Waals surface area contributed by atoms with Gasteiger partial charge in [0.2, 0.25) is 0 Å². The molecule has 0 aromatic rings. The van der Waals surface area contributed by atoms with Gasteiger partial charge in [-0.2, -0.15) is 0 Å². The highest BCUT2D eigenvalue weighted by atomic mass is 16.4. The summed E-state index contributed by atoms with van der Waals surface area (Å²) in [5, 5.41) is 17.9. The molecule has 1 fully saturated rings. The Labute approximate surface area is 66.0 Å². The van der Waals surface area contributed by atoms with Crippen molar-refractivity contribution in [1.82, 2.24) is 0 Å². The van der Waals surface area contributed by atoms with Gasteiger partial charge in [-0.1, -0.05) is 6.92 Å². The van der Waals surface area contributed by atoms with E-state index in [9.17, 15) is 9.90 Å². The number of aliphatic hydroxyl groups excluding tert-OH is 1. The van der Waals surface area contributed by atoms with Crippen LogP contribution in [0, 0.1) is 11.8 Å². The van der Waals surface area contributed by atoms with Gasteiger partial charge in [0.1, 0.15) is 0 Å². The first-order valence-corrected chi connectivity index (χ1v) is 4.02. The summed E-state index contributed by atoms with van der Waals surface area (Å²) in [4.78, 5) is 10.6. The van der Waals surface area contributed by atoms with Crippen molar-refractivity contribution in [3.8, 4) is 0 Å². The van der Waals surface area contributed by atoms with Gasteiger partial charge in [-0.3, -0.25) is 4.79 Å². The van der Waals surface area contributed by atoms with E-state index in [0.717, 1.165) is 12.8 Å². The van der Waals surface area contributed by atoms with Crippen molar-refractivity contribution in [2.24, 2.45) is 11.8 Å². The second kappa shape index (κ2) is 3.22. The van der Waals surface area contributed by atoms with Crippen molar-refractivity contribution >= 4 is 5.97 Å². The highest BCUT2D eigenvalue weighted by molar-refractivity contribution is 5.70. The Morgan fingerprint density at radius 1 is 1.45 bits per heavy atom. The zero-order valence-electron chi connectivity index (χ0n) is 6.66. The molecule has 2 N–H and O–H groups in total. The van der Waals surface area contributed by atoms with Gasteiger partial charge < -0.3 is 10.2 Å². The summed E-state index contributed by atoms with van der Waals surface area (Å²) in [5.41, 5.74) is 0. The third-order valence-electron chi connectivity index (χ3n) is 2.49. The highest BCUT2D eigenvalue weighted by Crippen LogP contribution is 2.29. The van der Waals surface area contributed by atoms with E-state index < -0.39 is 12.1 Å². The van der Waals surface area contributed by atoms with Crippen LogP contribution < -0.4 is 0 Å². The monoisotopic (exact) mass is 158 g/mol. The van der Waals surface area contributed by atoms with Crippen molar-refractivity contribution in [3.63, 3.8) is 0 Å². The number of carboxylic acid groups (broad SMARTS) is 1. The van der Waals surface area contributed by atoms with Crippen LogP contribution in [0.4, 0.5) is 0 Å². The first kappa shape index (κ1) is 8.53. The minimum atomic E-state index is -0.767. The fourth-order valence-corrected chi connectivity index (χ4v) is 1.64. The Kier molecular flexibility index (Phi) is 2.49. The van der Waals surface area contributed by atoms with Crippen molar-refractivity contribution in [3.05, 3.63) is 0 Å². The first-order chi connectivity index (χ1) is 5.11. The van der Waals surface area contributed by atoms with E-state index in [1.807, 2.05) is 6.92 Å². The number of hydrogen-bond donors (Lipinski definition) is 2. The van der Waals surface area contributed by atoms with Crippen LogP contribution >= 0.6 is 0 Å². The van der Waals surface area contributed by atoms with Gasteiger partial charge in [-0.25, -0.2) is 0 Å². The molecule has 1 rings (SSSR count). The molecule has 0 aromatic heterocycles. The summed E-state index contributed by atoms with van der Waals surface area (Å²) in [6.07, 6.45) is 1.62. The Morgan fingerprint density at radius 2 is 2.09 bits per heavy atom. The van der Waals surface area contributed by atoms with Crippen molar-refractivity contribution < 1.29 is 15.0 Å². The molecule has 1 aliphatic rings. The van der Waals surface area contributed by atoms with E-state index in [2.05, 4.69) is 0 Å². The summed E-state index contributed by atoms with van der Waals surface area (Å²) in [6.45, 7) is 1.94. The zero-order chi connectivity index (χ0) is 8.43. The van der Waals surface area contributed by atoms with Crippen LogP contribution in [-0.2, 0) is 4.79 Å². The van der Waals surface area contributed by atoms with Gasteiger partial charge >= 0.3 is 5.97 Å². The van der Waals surface area contributed by atoms with Gasteiger partial charge in [0, 0.05) is 0 Å². The smallest absolute Gasteiger partial charge is 0.306 e. The van der Waals surface area contributed by atoms with Gasteiger partial charge in [0.05, 0.1) is 12.0 Å². The van der Waals surface area contributed by atoms with E-state index in [-0.39, 0.29) is 11.8 Å². The SMILES string of the molecule is CC1CCC(O)CC1C(=O)O. The maximum atomic E-state index is 10.6. The van der Waals surface area contributed by atoms with Crippen molar-refractivity contribution in [2.75, 3.05) is 0 Å². The van der Waals surface area contributed by atoms with Crippen LogP contribution in [-0.4, -0.2) is 22.3 Å². The van der Waals surface area contributed by atoms with Gasteiger partial charge in [-0.05, 0) is 25.2 Å². The molecule has 0 amide bonds. The lowest BCUT2D eigenvalue weighted by atomic mass is 9.79.